The Kier molecular flexibility index (Phi) is 7.42. The number of esters is 1. The lowest BCUT2D eigenvalue weighted by atomic mass is 10.1. The minimum absolute atomic E-state index is 0.175. The first-order valence-electron chi connectivity index (χ1n) is 4.40. The Bertz CT molecular complexity index is 189. The van der Waals surface area contributed by atoms with Crippen LogP contribution in [0.2, 0.25) is 0 Å². The molecule has 0 aromatic carbocycles. The molecular weight excluding hydrogens is 190 g/mol. The normalized spacial score (nSPS) is 11.8. The maximum absolute atomic E-state index is 10.8. The summed E-state index contributed by atoms with van der Waals surface area (Å²) in [7, 11) is 0. The van der Waals surface area contributed by atoms with E-state index < -0.39 is 5.38 Å². The van der Waals surface area contributed by atoms with Gasteiger partial charge in [0.25, 0.3) is 0 Å². The highest BCUT2D eigenvalue weighted by atomic mass is 35.5. The van der Waals surface area contributed by atoms with E-state index in [1.807, 2.05) is 6.07 Å². The van der Waals surface area contributed by atoms with Gasteiger partial charge in [-0.2, -0.15) is 5.26 Å². The summed E-state index contributed by atoms with van der Waals surface area (Å²) >= 11 is 5.56. The summed E-state index contributed by atoms with van der Waals surface area (Å²) in [5, 5.41) is 7.93. The van der Waals surface area contributed by atoms with Crippen LogP contribution >= 0.6 is 11.6 Å². The summed E-state index contributed by atoms with van der Waals surface area (Å²) in [5.41, 5.74) is 0. The van der Waals surface area contributed by atoms with E-state index in [1.54, 1.807) is 6.92 Å². The highest BCUT2D eigenvalue weighted by Crippen LogP contribution is 2.08. The number of hydrogen-bond donors (Lipinski definition) is 0. The van der Waals surface area contributed by atoms with E-state index in [4.69, 9.17) is 21.6 Å². The number of nitrogens with zero attached hydrogens (tertiary/aromatic N) is 1. The van der Waals surface area contributed by atoms with Crippen LogP contribution in [-0.4, -0.2) is 18.0 Å². The van der Waals surface area contributed by atoms with Crippen molar-refractivity contribution in [1.82, 2.24) is 0 Å². The van der Waals surface area contributed by atoms with Crippen LogP contribution in [0.1, 0.15) is 32.6 Å². The van der Waals surface area contributed by atoms with Crippen molar-refractivity contribution < 1.29 is 9.53 Å². The molecule has 0 amide bonds. The van der Waals surface area contributed by atoms with Crippen molar-refractivity contribution in [2.45, 2.75) is 38.0 Å². The lowest BCUT2D eigenvalue weighted by Gasteiger charge is -2.01. The zero-order valence-electron chi connectivity index (χ0n) is 7.75. The van der Waals surface area contributed by atoms with Crippen LogP contribution in [-0.2, 0) is 9.53 Å². The Labute approximate surface area is 83.6 Å². The van der Waals surface area contributed by atoms with Crippen molar-refractivity contribution in [2.24, 2.45) is 0 Å². The van der Waals surface area contributed by atoms with Gasteiger partial charge in [-0.25, -0.2) is 0 Å². The van der Waals surface area contributed by atoms with Crippen LogP contribution in [0.5, 0.6) is 0 Å². The summed E-state index contributed by atoms with van der Waals surface area (Å²) in [6, 6.07) is 1.93. The SMILES string of the molecule is CCOC(=O)CCCCC(Cl)C#N. The maximum Gasteiger partial charge on any atom is 0.305 e. The molecule has 3 nitrogen and oxygen atoms in total. The third-order valence-electron chi connectivity index (χ3n) is 1.53. The van der Waals surface area contributed by atoms with Crippen molar-refractivity contribution >= 4 is 17.6 Å². The van der Waals surface area contributed by atoms with E-state index in [2.05, 4.69) is 0 Å². The summed E-state index contributed by atoms with van der Waals surface area (Å²) < 4.78 is 4.74. The zero-order chi connectivity index (χ0) is 10.1. The van der Waals surface area contributed by atoms with Crippen molar-refractivity contribution in [3.05, 3.63) is 0 Å². The molecule has 0 bridgehead atoms. The molecule has 1 atom stereocenters. The van der Waals surface area contributed by atoms with Gasteiger partial charge in [-0.3, -0.25) is 4.79 Å². The number of alkyl halides is 1. The molecule has 0 saturated heterocycles. The topological polar surface area (TPSA) is 50.1 Å². The number of rotatable bonds is 6. The van der Waals surface area contributed by atoms with Crippen LogP contribution in [0.25, 0.3) is 0 Å². The molecule has 0 aromatic rings. The largest absolute Gasteiger partial charge is 0.466 e. The Morgan fingerprint density at radius 3 is 2.85 bits per heavy atom. The van der Waals surface area contributed by atoms with Crippen molar-refractivity contribution in [2.75, 3.05) is 6.61 Å². The number of ether oxygens (including phenoxy) is 1. The summed E-state index contributed by atoms with van der Waals surface area (Å²) in [6.07, 6.45) is 2.59. The second-order valence-corrected chi connectivity index (χ2v) is 3.17. The molecule has 0 fully saturated rings. The van der Waals surface area contributed by atoms with Gasteiger partial charge in [0.15, 0.2) is 0 Å². The highest BCUT2D eigenvalue weighted by molar-refractivity contribution is 6.22. The molecule has 0 rings (SSSR count). The molecule has 0 radical (unpaired) electrons. The Morgan fingerprint density at radius 1 is 1.62 bits per heavy atom. The first-order chi connectivity index (χ1) is 6.20. The fraction of sp³-hybridized carbons (Fsp3) is 0.778. The number of halogens is 1. The van der Waals surface area contributed by atoms with Gasteiger partial charge in [0.2, 0.25) is 0 Å². The van der Waals surface area contributed by atoms with Gasteiger partial charge in [0, 0.05) is 6.42 Å². The lowest BCUT2D eigenvalue weighted by molar-refractivity contribution is -0.143. The molecular formula is C9H14ClNO2. The van der Waals surface area contributed by atoms with Crippen molar-refractivity contribution in [3.63, 3.8) is 0 Å². The summed E-state index contributed by atoms with van der Waals surface area (Å²) in [5.74, 6) is -0.175. The monoisotopic (exact) mass is 203 g/mol. The average Bonchev–Trinajstić information content (AvgIpc) is 2.12. The Morgan fingerprint density at radius 2 is 2.31 bits per heavy atom. The molecule has 0 aliphatic carbocycles. The minimum atomic E-state index is -0.429. The van der Waals surface area contributed by atoms with E-state index in [0.717, 1.165) is 12.8 Å². The highest BCUT2D eigenvalue weighted by Gasteiger charge is 2.04. The van der Waals surface area contributed by atoms with E-state index in [1.165, 1.54) is 0 Å². The van der Waals surface area contributed by atoms with Crippen molar-refractivity contribution in [1.29, 1.82) is 5.26 Å². The molecule has 0 N–H and O–H groups in total. The zero-order valence-corrected chi connectivity index (χ0v) is 8.51. The molecule has 1 unspecified atom stereocenters. The molecule has 0 aromatic heterocycles. The third kappa shape index (κ3) is 7.61. The number of hydrogen-bond acceptors (Lipinski definition) is 3. The first kappa shape index (κ1) is 12.2. The van der Waals surface area contributed by atoms with Crippen molar-refractivity contribution in [3.8, 4) is 6.07 Å². The van der Waals surface area contributed by atoms with Gasteiger partial charge < -0.3 is 4.74 Å². The molecule has 4 heteroatoms. The fourth-order valence-electron chi connectivity index (χ4n) is 0.891. The number of carbonyl (C=O) groups is 1. The van der Waals surface area contributed by atoms with Crippen LogP contribution in [0.4, 0.5) is 0 Å². The maximum atomic E-state index is 10.8. The lowest BCUT2D eigenvalue weighted by Crippen LogP contribution is -2.03. The van der Waals surface area contributed by atoms with Gasteiger partial charge >= 0.3 is 5.97 Å². The second kappa shape index (κ2) is 7.88. The average molecular weight is 204 g/mol. The molecule has 0 saturated carbocycles. The van der Waals surface area contributed by atoms with Gasteiger partial charge in [0.05, 0.1) is 12.7 Å². The van der Waals surface area contributed by atoms with Crippen LogP contribution < -0.4 is 0 Å². The van der Waals surface area contributed by atoms with Crippen LogP contribution in [0, 0.1) is 11.3 Å². The molecule has 0 spiro atoms. The molecule has 74 valence electrons. The first-order valence-corrected chi connectivity index (χ1v) is 4.83. The van der Waals surface area contributed by atoms with Gasteiger partial charge in [-0.05, 0) is 19.8 Å². The summed E-state index contributed by atoms with van der Waals surface area (Å²) in [4.78, 5) is 10.8. The Hall–Kier alpha value is -0.750. The second-order valence-electron chi connectivity index (χ2n) is 2.65. The van der Waals surface area contributed by atoms with Crippen LogP contribution in [0.15, 0.2) is 0 Å². The standard InChI is InChI=1S/C9H14ClNO2/c1-2-13-9(12)6-4-3-5-8(10)7-11/h8H,2-6H2,1H3. The molecule has 0 heterocycles. The molecule has 0 aliphatic rings. The number of nitriles is 1. The van der Waals surface area contributed by atoms with E-state index >= 15 is 0 Å². The van der Waals surface area contributed by atoms with Gasteiger partial charge in [-0.15, -0.1) is 11.6 Å². The van der Waals surface area contributed by atoms with E-state index in [9.17, 15) is 4.79 Å². The smallest absolute Gasteiger partial charge is 0.305 e. The van der Waals surface area contributed by atoms with Gasteiger partial charge in [-0.1, -0.05) is 6.42 Å². The molecule has 0 aliphatic heterocycles. The van der Waals surface area contributed by atoms with E-state index in [0.29, 0.717) is 19.4 Å². The predicted molar refractivity (Wildman–Crippen MR) is 50.4 cm³/mol. The fourth-order valence-corrected chi connectivity index (χ4v) is 1.04. The predicted octanol–water partition coefficient (Wildman–Crippen LogP) is 2.24. The van der Waals surface area contributed by atoms with E-state index in [-0.39, 0.29) is 5.97 Å². The number of carbonyl (C=O) groups excluding carboxylic acids is 1. The summed E-state index contributed by atoms with van der Waals surface area (Å²) in [6.45, 7) is 2.21. The minimum Gasteiger partial charge on any atom is -0.466 e. The molecule has 13 heavy (non-hydrogen) atoms. The third-order valence-corrected chi connectivity index (χ3v) is 1.85. The van der Waals surface area contributed by atoms with Gasteiger partial charge in [0.1, 0.15) is 5.38 Å². The Balaban J connectivity index is 3.26. The quantitative estimate of drug-likeness (QED) is 0.378. The number of unbranched alkanes of at least 4 members (excludes halogenated alkanes) is 1. The van der Waals surface area contributed by atoms with Crippen LogP contribution in [0.3, 0.4) is 0 Å².